The van der Waals surface area contributed by atoms with Gasteiger partial charge in [-0.1, -0.05) is 54.6 Å². The van der Waals surface area contributed by atoms with Crippen molar-refractivity contribution in [2.24, 2.45) is 0 Å². The Bertz CT molecular complexity index is 2660. The van der Waals surface area contributed by atoms with Gasteiger partial charge < -0.3 is 30.4 Å². The monoisotopic (exact) mass is 674 g/mol. The SMILES string of the molecule is O=C(O)c1ccccc1-c1c2ccc(=O)c(CNc3cccc4cccnc34)c-2oc2c(CNc3cccc4ccc(CO)nc34)c(O)ccc12. The Hall–Kier alpha value is -6.78. The van der Waals surface area contributed by atoms with Crippen LogP contribution in [0.1, 0.15) is 27.2 Å². The van der Waals surface area contributed by atoms with Gasteiger partial charge in [0.2, 0.25) is 0 Å². The van der Waals surface area contributed by atoms with E-state index in [0.717, 1.165) is 22.0 Å². The predicted octanol–water partition coefficient (Wildman–Crippen LogP) is 7.78. The number of fused-ring (bicyclic) bond motifs is 4. The van der Waals surface area contributed by atoms with E-state index in [1.165, 1.54) is 12.1 Å². The standard InChI is InChI=1S/C41H30N4O6/c46-22-25-14-13-24-7-4-12-33(38(24)45-25)44-21-31-35(48)18-16-29-36(26-9-1-2-10-27(26)41(49)50)28-15-17-34(47)30(39(28)51-40(29)31)20-43-32-11-3-6-23-8-5-19-42-37(23)32/h1-19,43-44,46,48H,20-22H2,(H,49,50). The largest absolute Gasteiger partial charge is 0.507 e. The molecule has 2 aromatic heterocycles. The Morgan fingerprint density at radius 3 is 2.24 bits per heavy atom. The molecule has 0 spiro atoms. The molecule has 0 unspecified atom stereocenters. The van der Waals surface area contributed by atoms with E-state index in [9.17, 15) is 24.9 Å². The fourth-order valence-corrected chi connectivity index (χ4v) is 6.65. The van der Waals surface area contributed by atoms with E-state index >= 15 is 0 Å². The van der Waals surface area contributed by atoms with E-state index < -0.39 is 5.97 Å². The molecule has 0 saturated carbocycles. The van der Waals surface area contributed by atoms with Crippen molar-refractivity contribution in [1.82, 2.24) is 9.97 Å². The Balaban J connectivity index is 1.32. The van der Waals surface area contributed by atoms with Gasteiger partial charge in [-0.15, -0.1) is 0 Å². The van der Waals surface area contributed by atoms with Gasteiger partial charge in [-0.25, -0.2) is 9.78 Å². The molecule has 1 aliphatic heterocycles. The first-order valence-electron chi connectivity index (χ1n) is 16.3. The van der Waals surface area contributed by atoms with Crippen LogP contribution < -0.4 is 16.1 Å². The number of carboxylic acid groups (broad SMARTS) is 1. The Labute approximate surface area is 290 Å². The molecule has 0 radical (unpaired) electrons. The lowest BCUT2D eigenvalue weighted by molar-refractivity contribution is 0.0697. The summed E-state index contributed by atoms with van der Waals surface area (Å²) in [5, 5.41) is 40.4. The molecule has 0 amide bonds. The number of carboxylic acids is 1. The highest BCUT2D eigenvalue weighted by Crippen LogP contribution is 2.45. The minimum absolute atomic E-state index is 0.0559. The Morgan fingerprint density at radius 2 is 1.45 bits per heavy atom. The second-order valence-corrected chi connectivity index (χ2v) is 12.1. The zero-order chi connectivity index (χ0) is 35.1. The average molecular weight is 675 g/mol. The molecule has 2 aliphatic rings. The van der Waals surface area contributed by atoms with Gasteiger partial charge in [-0.3, -0.25) is 9.78 Å². The molecule has 0 fully saturated rings. The quantitative estimate of drug-likeness (QED) is 0.0958. The summed E-state index contributed by atoms with van der Waals surface area (Å²) in [4.78, 5) is 35.3. The molecule has 1 aliphatic carbocycles. The van der Waals surface area contributed by atoms with Crippen LogP contribution in [-0.2, 0) is 19.7 Å². The summed E-state index contributed by atoms with van der Waals surface area (Å²) in [7, 11) is 0. The predicted molar refractivity (Wildman–Crippen MR) is 197 cm³/mol. The van der Waals surface area contributed by atoms with Crippen molar-refractivity contribution < 1.29 is 24.5 Å². The van der Waals surface area contributed by atoms with Gasteiger partial charge in [-0.2, -0.15) is 0 Å². The fourth-order valence-electron chi connectivity index (χ4n) is 6.65. The summed E-state index contributed by atoms with van der Waals surface area (Å²) in [6.45, 7) is -0.0341. The number of benzene rings is 5. The number of hydrogen-bond donors (Lipinski definition) is 5. The molecule has 51 heavy (non-hydrogen) atoms. The molecule has 0 bridgehead atoms. The van der Waals surface area contributed by atoms with Crippen LogP contribution in [0.5, 0.6) is 5.75 Å². The number of aromatic hydroxyl groups is 1. The third-order valence-electron chi connectivity index (χ3n) is 9.11. The summed E-state index contributed by atoms with van der Waals surface area (Å²) in [5.74, 6) is -0.901. The second-order valence-electron chi connectivity index (χ2n) is 12.1. The molecule has 0 atom stereocenters. The number of aliphatic hydroxyl groups excluding tert-OH is 1. The number of phenols is 1. The Kier molecular flexibility index (Phi) is 7.98. The lowest BCUT2D eigenvalue weighted by Crippen LogP contribution is -2.15. The normalized spacial score (nSPS) is 11.4. The average Bonchev–Trinajstić information content (AvgIpc) is 3.16. The molecule has 8 rings (SSSR count). The first kappa shape index (κ1) is 31.5. The summed E-state index contributed by atoms with van der Waals surface area (Å²) < 4.78 is 6.67. The van der Waals surface area contributed by atoms with Crippen LogP contribution in [0.3, 0.4) is 0 Å². The number of hydrogen-bond acceptors (Lipinski definition) is 9. The van der Waals surface area contributed by atoms with Crippen molar-refractivity contribution in [3.63, 3.8) is 0 Å². The van der Waals surface area contributed by atoms with Gasteiger partial charge in [0.25, 0.3) is 0 Å². The van der Waals surface area contributed by atoms with Crippen molar-refractivity contribution in [3.8, 4) is 28.2 Å². The van der Waals surface area contributed by atoms with Gasteiger partial charge in [0.1, 0.15) is 17.1 Å². The van der Waals surface area contributed by atoms with Gasteiger partial charge in [0.15, 0.2) is 5.43 Å². The van der Waals surface area contributed by atoms with Crippen LogP contribution in [0.25, 0.3) is 55.2 Å². The zero-order valence-corrected chi connectivity index (χ0v) is 27.1. The summed E-state index contributed by atoms with van der Waals surface area (Å²) in [6, 6.07) is 31.9. The number of pyridine rings is 2. The lowest BCUT2D eigenvalue weighted by Gasteiger charge is -2.21. The first-order chi connectivity index (χ1) is 24.9. The number of nitrogens with zero attached hydrogens (tertiary/aromatic N) is 2. The van der Waals surface area contributed by atoms with Crippen LogP contribution in [0.15, 0.2) is 125 Å². The first-order valence-corrected chi connectivity index (χ1v) is 16.3. The summed E-state index contributed by atoms with van der Waals surface area (Å²) in [6.07, 6.45) is 1.71. The number of aromatic carboxylic acids is 1. The van der Waals surface area contributed by atoms with Crippen molar-refractivity contribution in [1.29, 1.82) is 0 Å². The molecule has 6 aromatic rings. The van der Waals surface area contributed by atoms with Gasteiger partial charge in [-0.05, 0) is 60.2 Å². The maximum Gasteiger partial charge on any atom is 0.336 e. The molecule has 250 valence electrons. The van der Waals surface area contributed by atoms with Crippen LogP contribution in [0.2, 0.25) is 0 Å². The van der Waals surface area contributed by atoms with E-state index in [-0.39, 0.29) is 47.8 Å². The molecular formula is C41H30N4O6. The number of aliphatic hydroxyl groups is 1. The molecule has 5 N–H and O–H groups in total. The van der Waals surface area contributed by atoms with Crippen LogP contribution in [0.4, 0.5) is 11.4 Å². The minimum atomic E-state index is -1.11. The van der Waals surface area contributed by atoms with E-state index in [4.69, 9.17) is 4.42 Å². The number of carbonyl (C=O) groups is 1. The Morgan fingerprint density at radius 1 is 0.725 bits per heavy atom. The number of anilines is 2. The molecule has 4 aromatic carbocycles. The molecule has 3 heterocycles. The van der Waals surface area contributed by atoms with Gasteiger partial charge in [0.05, 0.1) is 51.4 Å². The highest BCUT2D eigenvalue weighted by atomic mass is 16.4. The number of aromatic nitrogens is 2. The lowest BCUT2D eigenvalue weighted by atomic mass is 9.88. The van der Waals surface area contributed by atoms with Gasteiger partial charge in [0, 0.05) is 46.6 Å². The third-order valence-corrected chi connectivity index (χ3v) is 9.11. The molecular weight excluding hydrogens is 644 g/mol. The van der Waals surface area contributed by atoms with Crippen molar-refractivity contribution in [2.75, 3.05) is 10.6 Å². The van der Waals surface area contributed by atoms with Crippen LogP contribution in [0, 0.1) is 0 Å². The number of para-hydroxylation sites is 2. The smallest absolute Gasteiger partial charge is 0.336 e. The van der Waals surface area contributed by atoms with Crippen LogP contribution >= 0.6 is 0 Å². The number of nitrogens with one attached hydrogen (secondary N) is 2. The highest BCUT2D eigenvalue weighted by molar-refractivity contribution is 6.08. The van der Waals surface area contributed by atoms with Crippen molar-refractivity contribution >= 4 is 50.1 Å². The van der Waals surface area contributed by atoms with E-state index in [1.807, 2.05) is 54.6 Å². The summed E-state index contributed by atoms with van der Waals surface area (Å²) >= 11 is 0. The number of rotatable bonds is 9. The topological polar surface area (TPSA) is 158 Å². The van der Waals surface area contributed by atoms with Crippen molar-refractivity contribution in [3.05, 3.63) is 148 Å². The molecule has 10 nitrogen and oxygen atoms in total. The van der Waals surface area contributed by atoms with Gasteiger partial charge >= 0.3 is 5.97 Å². The molecule has 10 heteroatoms. The maximum absolute atomic E-state index is 13.6. The highest BCUT2D eigenvalue weighted by Gasteiger charge is 2.26. The van der Waals surface area contributed by atoms with Crippen LogP contribution in [-0.4, -0.2) is 31.3 Å². The number of phenolic OH excluding ortho intramolecular Hbond substituents is 1. The van der Waals surface area contributed by atoms with E-state index in [2.05, 4.69) is 20.6 Å². The maximum atomic E-state index is 13.6. The second kappa shape index (κ2) is 12.9. The minimum Gasteiger partial charge on any atom is -0.507 e. The summed E-state index contributed by atoms with van der Waals surface area (Å²) in [5.41, 5.74) is 5.66. The molecule has 0 saturated heterocycles. The van der Waals surface area contributed by atoms with E-state index in [0.29, 0.717) is 50.1 Å². The fraction of sp³-hybridized carbons (Fsp3) is 0.0732. The van der Waals surface area contributed by atoms with E-state index in [1.54, 1.807) is 48.7 Å². The van der Waals surface area contributed by atoms with Crippen molar-refractivity contribution in [2.45, 2.75) is 19.7 Å². The third kappa shape index (κ3) is 5.63. The zero-order valence-electron chi connectivity index (χ0n) is 27.1.